The van der Waals surface area contributed by atoms with E-state index in [2.05, 4.69) is 0 Å². The summed E-state index contributed by atoms with van der Waals surface area (Å²) < 4.78 is 43.5. The number of halogens is 1. The Kier molecular flexibility index (Phi) is 6.95. The minimum Gasteiger partial charge on any atom is -0.497 e. The topological polar surface area (TPSA) is 46.2 Å². The zero-order chi connectivity index (χ0) is 20.2. The van der Waals surface area contributed by atoms with Crippen LogP contribution in [0, 0.1) is 0 Å². The van der Waals surface area contributed by atoms with E-state index in [1.54, 1.807) is 32.4 Å². The van der Waals surface area contributed by atoms with Gasteiger partial charge in [0.2, 0.25) is 0 Å². The highest BCUT2D eigenvalue weighted by atomic mass is 19.1. The first-order valence-corrected chi connectivity index (χ1v) is 9.21. The smallest absolute Gasteiger partial charge is 0.497 e. The Morgan fingerprint density at radius 2 is 1.70 bits per heavy atom. The first-order valence-electron chi connectivity index (χ1n) is 9.21. The van der Waals surface area contributed by atoms with Gasteiger partial charge in [-0.2, -0.15) is 0 Å². The summed E-state index contributed by atoms with van der Waals surface area (Å²) >= 11 is 0. The number of hydrogen-bond donors (Lipinski definition) is 0. The number of rotatable bonds is 8. The van der Waals surface area contributed by atoms with Gasteiger partial charge in [0, 0.05) is 18.2 Å². The average Bonchev–Trinajstić information content (AvgIpc) is 2.85. The number of hydrogen-bond acceptors (Lipinski definition) is 5. The van der Waals surface area contributed by atoms with Gasteiger partial charge in [-0.1, -0.05) is 0 Å². The molecule has 0 aromatic heterocycles. The van der Waals surface area contributed by atoms with Crippen LogP contribution < -0.4 is 9.47 Å². The summed E-state index contributed by atoms with van der Waals surface area (Å²) in [6.45, 7) is 10.4. The van der Waals surface area contributed by atoms with E-state index in [0.29, 0.717) is 42.3 Å². The minimum absolute atomic E-state index is 0.367. The summed E-state index contributed by atoms with van der Waals surface area (Å²) in [5.74, 6) is 1.16. The maximum atomic E-state index is 15.6. The monoisotopic (exact) mass is 380 g/mol. The molecule has 0 saturated carbocycles. The van der Waals surface area contributed by atoms with Crippen LogP contribution >= 0.6 is 0 Å². The second kappa shape index (κ2) is 8.63. The fourth-order valence-electron chi connectivity index (χ4n) is 2.84. The third-order valence-corrected chi connectivity index (χ3v) is 5.18. The molecule has 0 radical (unpaired) electrons. The number of ether oxygens (including phenoxy) is 3. The van der Waals surface area contributed by atoms with Crippen molar-refractivity contribution in [3.05, 3.63) is 29.5 Å². The molecule has 1 aliphatic rings. The van der Waals surface area contributed by atoms with Gasteiger partial charge in [0.1, 0.15) is 17.2 Å². The van der Waals surface area contributed by atoms with Crippen LogP contribution in [0.2, 0.25) is 0 Å². The molecule has 27 heavy (non-hydrogen) atoms. The predicted molar refractivity (Wildman–Crippen MR) is 105 cm³/mol. The molecule has 5 nitrogen and oxygen atoms in total. The third kappa shape index (κ3) is 4.65. The lowest BCUT2D eigenvalue weighted by Gasteiger charge is -2.32. The van der Waals surface area contributed by atoms with Crippen molar-refractivity contribution in [1.82, 2.24) is 0 Å². The molecule has 0 unspecified atom stereocenters. The maximum Gasteiger partial charge on any atom is 0.525 e. The maximum absolute atomic E-state index is 15.6. The van der Waals surface area contributed by atoms with Gasteiger partial charge in [-0.3, -0.25) is 0 Å². The molecule has 1 fully saturated rings. The molecule has 0 N–H and O–H groups in total. The Labute approximate surface area is 161 Å². The van der Waals surface area contributed by atoms with E-state index in [0.717, 1.165) is 0 Å². The van der Waals surface area contributed by atoms with Crippen LogP contribution in [0.3, 0.4) is 0 Å². The normalized spacial score (nSPS) is 19.0. The van der Waals surface area contributed by atoms with Crippen molar-refractivity contribution in [3.8, 4) is 11.5 Å². The van der Waals surface area contributed by atoms with Crippen molar-refractivity contribution >= 4 is 12.7 Å². The molecule has 0 spiro atoms. The van der Waals surface area contributed by atoms with Crippen LogP contribution in [0.15, 0.2) is 23.9 Å². The predicted octanol–water partition coefficient (Wildman–Crippen LogP) is 4.44. The molecule has 0 amide bonds. The highest BCUT2D eigenvalue weighted by Gasteiger charge is 2.53. The highest BCUT2D eigenvalue weighted by Crippen LogP contribution is 2.42. The van der Waals surface area contributed by atoms with Crippen molar-refractivity contribution in [2.45, 2.75) is 52.2 Å². The van der Waals surface area contributed by atoms with Gasteiger partial charge in [0.05, 0.1) is 32.0 Å². The summed E-state index contributed by atoms with van der Waals surface area (Å²) in [5.41, 5.74) is -0.628. The Morgan fingerprint density at radius 3 is 2.22 bits per heavy atom. The van der Waals surface area contributed by atoms with Gasteiger partial charge in [0.15, 0.2) is 0 Å². The Balaban J connectivity index is 2.47. The molecule has 1 aromatic rings. The molecule has 7 heteroatoms. The number of benzene rings is 1. The van der Waals surface area contributed by atoms with Crippen LogP contribution in [-0.4, -0.2) is 45.8 Å². The molecular weight excluding hydrogens is 350 g/mol. The van der Waals surface area contributed by atoms with E-state index in [4.69, 9.17) is 23.5 Å². The molecule has 1 heterocycles. The van der Waals surface area contributed by atoms with E-state index in [-0.39, 0.29) is 0 Å². The van der Waals surface area contributed by atoms with Crippen LogP contribution in [0.5, 0.6) is 11.5 Å². The zero-order valence-electron chi connectivity index (χ0n) is 17.3. The molecular formula is C20H30BFO5. The standard InChI is InChI=1S/C20H30BFO5/c1-8-25-12-11-16(15-10-9-14(23-6)13-17(15)24-7)18(22)21-26-19(2,3)20(4,5)27-21/h9-10,13H,8,11-12H2,1-7H3. The Hall–Kier alpha value is -1.57. The van der Waals surface area contributed by atoms with Crippen molar-refractivity contribution < 1.29 is 27.9 Å². The lowest BCUT2D eigenvalue weighted by Crippen LogP contribution is -2.41. The molecule has 1 saturated heterocycles. The lowest BCUT2D eigenvalue weighted by atomic mass is 9.81. The molecule has 150 valence electrons. The molecule has 2 rings (SSSR count). The molecule has 0 atom stereocenters. The summed E-state index contributed by atoms with van der Waals surface area (Å²) in [7, 11) is 2.05. The third-order valence-electron chi connectivity index (χ3n) is 5.18. The molecule has 1 aromatic carbocycles. The first-order chi connectivity index (χ1) is 12.7. The summed E-state index contributed by atoms with van der Waals surface area (Å²) in [4.78, 5) is 0. The van der Waals surface area contributed by atoms with E-state index in [9.17, 15) is 0 Å². The van der Waals surface area contributed by atoms with Crippen molar-refractivity contribution in [3.63, 3.8) is 0 Å². The van der Waals surface area contributed by atoms with Crippen LogP contribution in [0.1, 0.15) is 46.6 Å². The van der Waals surface area contributed by atoms with E-state index < -0.39 is 24.0 Å². The van der Waals surface area contributed by atoms with E-state index in [1.807, 2.05) is 34.6 Å². The molecule has 1 aliphatic heterocycles. The summed E-state index contributed by atoms with van der Waals surface area (Å²) in [6.07, 6.45) is 0.367. The quantitative estimate of drug-likeness (QED) is 0.493. The van der Waals surface area contributed by atoms with Crippen LogP contribution in [0.25, 0.3) is 5.57 Å². The molecule has 0 bridgehead atoms. The molecule has 0 aliphatic carbocycles. The van der Waals surface area contributed by atoms with Gasteiger partial charge in [0.25, 0.3) is 0 Å². The van der Waals surface area contributed by atoms with Crippen LogP contribution in [-0.2, 0) is 14.0 Å². The zero-order valence-corrected chi connectivity index (χ0v) is 17.3. The van der Waals surface area contributed by atoms with Gasteiger partial charge >= 0.3 is 7.12 Å². The minimum atomic E-state index is -1.07. The Morgan fingerprint density at radius 1 is 1.07 bits per heavy atom. The van der Waals surface area contributed by atoms with Gasteiger partial charge < -0.3 is 23.5 Å². The van der Waals surface area contributed by atoms with E-state index in [1.165, 1.54) is 0 Å². The summed E-state index contributed by atoms with van der Waals surface area (Å²) in [6, 6.07) is 5.29. The SMILES string of the molecule is CCOCCC(=C(F)B1OC(C)(C)C(C)(C)O1)c1ccc(OC)cc1OC. The second-order valence-electron chi connectivity index (χ2n) is 7.43. The van der Waals surface area contributed by atoms with Gasteiger partial charge in [-0.25, -0.2) is 4.39 Å². The van der Waals surface area contributed by atoms with Gasteiger partial charge in [-0.15, -0.1) is 0 Å². The van der Waals surface area contributed by atoms with E-state index >= 15 is 4.39 Å². The Bertz CT molecular complexity index is 671. The van der Waals surface area contributed by atoms with Crippen molar-refractivity contribution in [2.24, 2.45) is 0 Å². The van der Waals surface area contributed by atoms with Crippen molar-refractivity contribution in [1.29, 1.82) is 0 Å². The van der Waals surface area contributed by atoms with Crippen molar-refractivity contribution in [2.75, 3.05) is 27.4 Å². The largest absolute Gasteiger partial charge is 0.525 e. The number of methoxy groups -OCH3 is 2. The summed E-state index contributed by atoms with van der Waals surface area (Å²) in [5, 5.41) is 0. The second-order valence-corrected chi connectivity index (χ2v) is 7.43. The van der Waals surface area contributed by atoms with Gasteiger partial charge in [-0.05, 0) is 58.7 Å². The van der Waals surface area contributed by atoms with Crippen LogP contribution in [0.4, 0.5) is 4.39 Å². The average molecular weight is 380 g/mol. The fraction of sp³-hybridized carbons (Fsp3) is 0.600. The lowest BCUT2D eigenvalue weighted by molar-refractivity contribution is 0.00578. The highest BCUT2D eigenvalue weighted by molar-refractivity contribution is 6.55. The fourth-order valence-corrected chi connectivity index (χ4v) is 2.84. The first kappa shape index (κ1) is 21.7.